The maximum Gasteiger partial charge on any atom is 0.231 e. The van der Waals surface area contributed by atoms with Gasteiger partial charge in [0.05, 0.1) is 17.0 Å². The molecule has 5 nitrogen and oxygen atoms in total. The number of carbonyl (C=O) groups is 1. The largest absolute Gasteiger partial charge is 0.385 e. The lowest BCUT2D eigenvalue weighted by atomic mass is 9.83. The predicted octanol–water partition coefficient (Wildman–Crippen LogP) is 2.45. The third-order valence-electron chi connectivity index (χ3n) is 5.48. The summed E-state index contributed by atoms with van der Waals surface area (Å²) in [5.74, 6) is -0.802. The van der Waals surface area contributed by atoms with Crippen LogP contribution in [-0.2, 0) is 10.4 Å². The lowest BCUT2D eigenvalue weighted by Gasteiger charge is -2.33. The number of fused-ring (bicyclic) bond motifs is 1. The van der Waals surface area contributed by atoms with Crippen LogP contribution in [0.5, 0.6) is 0 Å². The normalized spacial score (nSPS) is 23.1. The lowest BCUT2D eigenvalue weighted by molar-refractivity contribution is -0.122. The summed E-state index contributed by atoms with van der Waals surface area (Å²) in [6, 6.07) is 4.94. The fourth-order valence-corrected chi connectivity index (χ4v) is 3.92. The van der Waals surface area contributed by atoms with E-state index in [1.54, 1.807) is 12.3 Å². The van der Waals surface area contributed by atoms with Crippen molar-refractivity contribution in [3.8, 4) is 0 Å². The molecule has 1 unspecified atom stereocenters. The van der Waals surface area contributed by atoms with Crippen molar-refractivity contribution in [1.82, 2.24) is 15.6 Å². The van der Waals surface area contributed by atoms with Crippen LogP contribution >= 0.6 is 0 Å². The van der Waals surface area contributed by atoms with Gasteiger partial charge in [-0.3, -0.25) is 9.78 Å². The van der Waals surface area contributed by atoms with E-state index in [0.717, 1.165) is 23.1 Å². The molecule has 1 atom stereocenters. The second kappa shape index (κ2) is 6.45. The second-order valence-corrected chi connectivity index (χ2v) is 7.26. The molecule has 1 amide bonds. The summed E-state index contributed by atoms with van der Waals surface area (Å²) in [6.45, 7) is 5.10. The zero-order valence-corrected chi connectivity index (χ0v) is 14.5. The van der Waals surface area contributed by atoms with E-state index in [1.807, 2.05) is 6.07 Å². The average Bonchev–Trinajstić information content (AvgIpc) is 2.61. The third-order valence-corrected chi connectivity index (χ3v) is 5.48. The number of aromatic nitrogens is 1. The Bertz CT molecular complexity index is 890. The molecule has 6 heteroatoms. The van der Waals surface area contributed by atoms with Gasteiger partial charge < -0.3 is 15.7 Å². The zero-order chi connectivity index (χ0) is 18.3. The van der Waals surface area contributed by atoms with Gasteiger partial charge in [-0.05, 0) is 56.5 Å². The minimum absolute atomic E-state index is 0.0817. The first-order chi connectivity index (χ1) is 12.5. The minimum Gasteiger partial charge on any atom is -0.385 e. The second-order valence-electron chi connectivity index (χ2n) is 7.26. The van der Waals surface area contributed by atoms with Crippen LogP contribution in [0.4, 0.5) is 4.39 Å². The highest BCUT2D eigenvalue weighted by atomic mass is 19.1. The fourth-order valence-electron chi connectivity index (χ4n) is 3.92. The lowest BCUT2D eigenvalue weighted by Crippen LogP contribution is -2.40. The van der Waals surface area contributed by atoms with Crippen LogP contribution in [0.2, 0.25) is 0 Å². The van der Waals surface area contributed by atoms with E-state index < -0.39 is 11.4 Å². The minimum atomic E-state index is -1.17. The molecule has 2 saturated heterocycles. The van der Waals surface area contributed by atoms with Gasteiger partial charge in [0, 0.05) is 28.9 Å². The Kier molecular flexibility index (Phi) is 4.25. The number of aliphatic hydroxyl groups is 1. The Balaban J connectivity index is 1.74. The van der Waals surface area contributed by atoms with E-state index in [2.05, 4.69) is 22.2 Å². The smallest absolute Gasteiger partial charge is 0.231 e. The number of halogens is 1. The molecule has 136 valence electrons. The van der Waals surface area contributed by atoms with Gasteiger partial charge in [0.2, 0.25) is 5.91 Å². The van der Waals surface area contributed by atoms with E-state index in [9.17, 15) is 14.3 Å². The van der Waals surface area contributed by atoms with Crippen LogP contribution in [0.1, 0.15) is 42.7 Å². The number of hydrogen-bond donors (Lipinski definition) is 3. The summed E-state index contributed by atoms with van der Waals surface area (Å²) in [4.78, 5) is 16.6. The first-order valence-corrected chi connectivity index (χ1v) is 8.98. The van der Waals surface area contributed by atoms with Gasteiger partial charge >= 0.3 is 0 Å². The van der Waals surface area contributed by atoms with E-state index in [-0.39, 0.29) is 11.8 Å². The number of hydrogen-bond acceptors (Lipinski definition) is 4. The Hall–Kier alpha value is -2.31. The quantitative estimate of drug-likeness (QED) is 0.774. The summed E-state index contributed by atoms with van der Waals surface area (Å²) < 4.78 is 14.6. The number of allylic oxidation sites excluding steroid dienone is 1. The van der Waals surface area contributed by atoms with Gasteiger partial charge in [-0.2, -0.15) is 0 Å². The summed E-state index contributed by atoms with van der Waals surface area (Å²) in [6.07, 6.45) is 3.99. The summed E-state index contributed by atoms with van der Waals surface area (Å²) in [5.41, 5.74) is 1.20. The van der Waals surface area contributed by atoms with Gasteiger partial charge in [-0.15, -0.1) is 0 Å². The van der Waals surface area contributed by atoms with Gasteiger partial charge in [0.25, 0.3) is 0 Å². The molecule has 0 bridgehead atoms. The standard InChI is InChI=1S/C20H22FN3O2/c1-12-2-3-15(19(25)24-12)14-8-13-9-16(17(21)10-18(13)23-11-14)20(26)4-6-22-7-5-20/h8-11,15,22,26H,1-7H2,(H,24,25). The third kappa shape index (κ3) is 2.99. The summed E-state index contributed by atoms with van der Waals surface area (Å²) >= 11 is 0. The van der Waals surface area contributed by atoms with Crippen molar-refractivity contribution >= 4 is 16.8 Å². The van der Waals surface area contributed by atoms with Crippen LogP contribution in [-0.4, -0.2) is 29.1 Å². The molecular weight excluding hydrogens is 333 g/mol. The molecule has 0 radical (unpaired) electrons. The van der Waals surface area contributed by atoms with Crippen molar-refractivity contribution in [2.75, 3.05) is 13.1 Å². The number of nitrogens with one attached hydrogen (secondary N) is 2. The molecule has 1 aromatic carbocycles. The Morgan fingerprint density at radius 2 is 2.04 bits per heavy atom. The van der Waals surface area contributed by atoms with Gasteiger partial charge in [-0.1, -0.05) is 6.58 Å². The van der Waals surface area contributed by atoms with Crippen molar-refractivity contribution < 1.29 is 14.3 Å². The number of rotatable bonds is 2. The van der Waals surface area contributed by atoms with E-state index in [4.69, 9.17) is 0 Å². The maximum atomic E-state index is 14.6. The van der Waals surface area contributed by atoms with Crippen LogP contribution in [0.25, 0.3) is 10.9 Å². The Labute approximate surface area is 151 Å². The van der Waals surface area contributed by atoms with Crippen LogP contribution in [0, 0.1) is 5.82 Å². The number of carbonyl (C=O) groups excluding carboxylic acids is 1. The predicted molar refractivity (Wildman–Crippen MR) is 97.0 cm³/mol. The van der Waals surface area contributed by atoms with Gasteiger partial charge in [0.15, 0.2) is 0 Å². The molecule has 4 rings (SSSR count). The number of nitrogens with zero attached hydrogens (tertiary/aromatic N) is 1. The summed E-state index contributed by atoms with van der Waals surface area (Å²) in [7, 11) is 0. The van der Waals surface area contributed by atoms with Gasteiger partial charge in [0.1, 0.15) is 5.82 Å². The number of amides is 1. The molecule has 1 aromatic heterocycles. The van der Waals surface area contributed by atoms with Crippen molar-refractivity contribution in [1.29, 1.82) is 0 Å². The molecule has 2 aliphatic heterocycles. The number of pyridine rings is 1. The topological polar surface area (TPSA) is 74.2 Å². The highest BCUT2D eigenvalue weighted by Gasteiger charge is 2.34. The highest BCUT2D eigenvalue weighted by molar-refractivity contribution is 5.88. The molecule has 3 N–H and O–H groups in total. The van der Waals surface area contributed by atoms with E-state index in [0.29, 0.717) is 43.4 Å². The van der Waals surface area contributed by atoms with E-state index in [1.165, 1.54) is 6.07 Å². The molecule has 0 aliphatic carbocycles. The molecule has 26 heavy (non-hydrogen) atoms. The molecular formula is C20H22FN3O2. The monoisotopic (exact) mass is 355 g/mol. The van der Waals surface area contributed by atoms with Crippen molar-refractivity contribution in [3.63, 3.8) is 0 Å². The number of benzene rings is 1. The molecule has 2 fully saturated rings. The molecule has 0 spiro atoms. The molecule has 0 saturated carbocycles. The zero-order valence-electron chi connectivity index (χ0n) is 14.5. The average molecular weight is 355 g/mol. The first-order valence-electron chi connectivity index (χ1n) is 8.98. The molecule has 2 aliphatic rings. The van der Waals surface area contributed by atoms with Crippen molar-refractivity contribution in [2.45, 2.75) is 37.2 Å². The summed E-state index contributed by atoms with van der Waals surface area (Å²) in [5, 5.41) is 17.6. The number of piperidine rings is 2. The van der Waals surface area contributed by atoms with Crippen molar-refractivity contribution in [2.24, 2.45) is 0 Å². The van der Waals surface area contributed by atoms with Gasteiger partial charge in [-0.25, -0.2) is 4.39 Å². The maximum absolute atomic E-state index is 14.6. The van der Waals surface area contributed by atoms with Crippen LogP contribution in [0.15, 0.2) is 36.7 Å². The van der Waals surface area contributed by atoms with Crippen molar-refractivity contribution in [3.05, 3.63) is 53.6 Å². The van der Waals surface area contributed by atoms with E-state index >= 15 is 0 Å². The fraction of sp³-hybridized carbons (Fsp3) is 0.400. The molecule has 3 heterocycles. The van der Waals surface area contributed by atoms with Crippen LogP contribution < -0.4 is 10.6 Å². The highest BCUT2D eigenvalue weighted by Crippen LogP contribution is 2.35. The SMILES string of the molecule is C=C1CCC(c2cnc3cc(F)c(C4(O)CCNCC4)cc3c2)C(=O)N1. The molecule has 2 aromatic rings. The first kappa shape index (κ1) is 17.1. The Morgan fingerprint density at radius 3 is 2.77 bits per heavy atom. The Morgan fingerprint density at radius 1 is 1.27 bits per heavy atom. The van der Waals surface area contributed by atoms with Crippen LogP contribution in [0.3, 0.4) is 0 Å².